The van der Waals surface area contributed by atoms with Gasteiger partial charge in [-0.3, -0.25) is 14.5 Å². The number of carbonyl (C=O) groups excluding carboxylic acids is 4. The normalized spacial score (nSPS) is 18.6. The van der Waals surface area contributed by atoms with Crippen LogP contribution in [-0.2, 0) is 23.9 Å². The smallest absolute Gasteiger partial charge is 0.477 e. The maximum Gasteiger partial charge on any atom is 0.513 e. The summed E-state index contributed by atoms with van der Waals surface area (Å²) in [6, 6.07) is 3.44. The van der Waals surface area contributed by atoms with Gasteiger partial charge in [0.05, 0.1) is 6.61 Å². The third-order valence-corrected chi connectivity index (χ3v) is 9.14. The van der Waals surface area contributed by atoms with Gasteiger partial charge in [-0.15, -0.1) is 22.0 Å². The summed E-state index contributed by atoms with van der Waals surface area (Å²) in [6.45, 7) is 6.76. The molecular formula is C26H29N5O9S3. The van der Waals surface area contributed by atoms with Crippen LogP contribution in [0.1, 0.15) is 39.3 Å². The van der Waals surface area contributed by atoms with Crippen LogP contribution in [0.15, 0.2) is 45.4 Å². The Morgan fingerprint density at radius 3 is 2.53 bits per heavy atom. The van der Waals surface area contributed by atoms with E-state index < -0.39 is 53.1 Å². The van der Waals surface area contributed by atoms with Crippen LogP contribution in [0.5, 0.6) is 5.75 Å². The summed E-state index contributed by atoms with van der Waals surface area (Å²) in [4.78, 5) is 64.3. The SMILES string of the molecule is CCOC(=O)Oc1ccc([C@@H](NC(=O)OC(C)(C)C)C(=O)NC2C(=O)N3C(C(=O)O)=C(CSc4nncs4)CS[C@H]23)cc1. The summed E-state index contributed by atoms with van der Waals surface area (Å²) in [5.74, 6) is -1.76. The van der Waals surface area contributed by atoms with Gasteiger partial charge in [-0.25, -0.2) is 14.4 Å². The van der Waals surface area contributed by atoms with E-state index >= 15 is 0 Å². The second kappa shape index (κ2) is 13.6. The number of amides is 3. The van der Waals surface area contributed by atoms with Gasteiger partial charge in [-0.05, 0) is 51.0 Å². The number of β-lactam (4-membered cyclic amide) rings is 1. The molecule has 17 heteroatoms. The third kappa shape index (κ3) is 7.97. The Balaban J connectivity index is 1.50. The predicted octanol–water partition coefficient (Wildman–Crippen LogP) is 3.17. The monoisotopic (exact) mass is 651 g/mol. The Kier molecular flexibility index (Phi) is 10.2. The molecule has 3 N–H and O–H groups in total. The molecule has 3 atom stereocenters. The average molecular weight is 652 g/mol. The number of carbonyl (C=O) groups is 5. The van der Waals surface area contributed by atoms with Crippen LogP contribution in [0.2, 0.25) is 0 Å². The highest BCUT2D eigenvalue weighted by atomic mass is 32.2. The predicted molar refractivity (Wildman–Crippen MR) is 157 cm³/mol. The first-order chi connectivity index (χ1) is 20.4. The Bertz CT molecular complexity index is 1410. The Labute approximate surface area is 258 Å². The minimum absolute atomic E-state index is 0.114. The standard InChI is InChI=1S/C26H29N5O9S3/c1-5-38-25(37)39-15-8-6-13(7-9-15)16(29-23(36)40-26(2,3)4)19(32)28-17-20(33)31-18(22(34)35)14(10-41-21(17)31)11-42-24-30-27-12-43-24/h6-9,12,16-17,21H,5,10-11H2,1-4H3,(H,28,32)(H,29,36)(H,34,35)/t16-,17?,21-/m1/s1. The molecule has 0 radical (unpaired) electrons. The zero-order valence-electron chi connectivity index (χ0n) is 23.5. The van der Waals surface area contributed by atoms with Gasteiger partial charge in [0.25, 0.3) is 5.91 Å². The topological polar surface area (TPSA) is 186 Å². The molecule has 2 aliphatic heterocycles. The minimum atomic E-state index is -1.30. The van der Waals surface area contributed by atoms with Crippen molar-refractivity contribution in [3.63, 3.8) is 0 Å². The first kappa shape index (κ1) is 32.1. The van der Waals surface area contributed by atoms with Gasteiger partial charge in [0.2, 0.25) is 5.91 Å². The molecule has 1 saturated heterocycles. The quantitative estimate of drug-likeness (QED) is 0.147. The van der Waals surface area contributed by atoms with Gasteiger partial charge >= 0.3 is 18.2 Å². The lowest BCUT2D eigenvalue weighted by Gasteiger charge is -2.49. The van der Waals surface area contributed by atoms with Gasteiger partial charge in [0, 0.05) is 11.5 Å². The molecule has 2 aromatic rings. The van der Waals surface area contributed by atoms with E-state index in [1.165, 1.54) is 64.0 Å². The van der Waals surface area contributed by atoms with Crippen LogP contribution in [0.3, 0.4) is 0 Å². The lowest BCUT2D eigenvalue weighted by atomic mass is 10.0. The Morgan fingerprint density at radius 2 is 1.93 bits per heavy atom. The second-order valence-electron chi connectivity index (χ2n) is 10.1. The first-order valence-corrected chi connectivity index (χ1v) is 15.8. The largest absolute Gasteiger partial charge is 0.513 e. The number of carboxylic acid groups (broad SMARTS) is 1. The van der Waals surface area contributed by atoms with Crippen molar-refractivity contribution in [1.82, 2.24) is 25.7 Å². The van der Waals surface area contributed by atoms with E-state index in [0.29, 0.717) is 27.0 Å². The molecule has 0 bridgehead atoms. The van der Waals surface area contributed by atoms with Crippen LogP contribution in [0, 0.1) is 0 Å². The molecular weight excluding hydrogens is 623 g/mol. The van der Waals surface area contributed by atoms with Crippen LogP contribution < -0.4 is 15.4 Å². The minimum Gasteiger partial charge on any atom is -0.477 e. The van der Waals surface area contributed by atoms with Crippen molar-refractivity contribution in [1.29, 1.82) is 0 Å². The molecule has 1 unspecified atom stereocenters. The van der Waals surface area contributed by atoms with Crippen molar-refractivity contribution in [2.45, 2.75) is 55.1 Å². The first-order valence-electron chi connectivity index (χ1n) is 12.9. The molecule has 3 heterocycles. The van der Waals surface area contributed by atoms with Crippen LogP contribution in [-0.4, -0.2) is 85.4 Å². The zero-order valence-corrected chi connectivity index (χ0v) is 26.0. The molecule has 1 aromatic heterocycles. The number of hydrogen-bond donors (Lipinski definition) is 3. The van der Waals surface area contributed by atoms with Gasteiger partial charge in [-0.1, -0.05) is 35.2 Å². The summed E-state index contributed by atoms with van der Waals surface area (Å²) in [5.41, 5.74) is 1.47. The number of nitrogens with one attached hydrogen (secondary N) is 2. The van der Waals surface area contributed by atoms with Crippen molar-refractivity contribution < 1.29 is 43.3 Å². The van der Waals surface area contributed by atoms with E-state index in [9.17, 15) is 29.1 Å². The van der Waals surface area contributed by atoms with Gasteiger partial charge in [0.1, 0.15) is 40.0 Å². The molecule has 230 valence electrons. The van der Waals surface area contributed by atoms with E-state index in [1.807, 2.05) is 0 Å². The van der Waals surface area contributed by atoms with E-state index in [0.717, 1.165) is 0 Å². The van der Waals surface area contributed by atoms with E-state index in [-0.39, 0.29) is 18.1 Å². The van der Waals surface area contributed by atoms with Gasteiger partial charge in [0.15, 0.2) is 4.34 Å². The summed E-state index contributed by atoms with van der Waals surface area (Å²) < 4.78 is 15.8. The third-order valence-electron chi connectivity index (χ3n) is 5.86. The van der Waals surface area contributed by atoms with Crippen LogP contribution in [0.25, 0.3) is 0 Å². The molecule has 1 aromatic carbocycles. The van der Waals surface area contributed by atoms with Crippen molar-refractivity contribution >= 4 is 64.9 Å². The number of aromatic nitrogens is 2. The summed E-state index contributed by atoms with van der Waals surface area (Å²) in [5, 5.41) is 22.2. The number of hydrogen-bond acceptors (Lipinski definition) is 13. The van der Waals surface area contributed by atoms with Crippen molar-refractivity contribution in [3.05, 3.63) is 46.6 Å². The molecule has 3 amide bonds. The van der Waals surface area contributed by atoms with Crippen molar-refractivity contribution in [2.75, 3.05) is 18.1 Å². The fourth-order valence-corrected chi connectivity index (χ4v) is 7.08. The molecule has 4 rings (SSSR count). The van der Waals surface area contributed by atoms with Crippen molar-refractivity contribution in [3.8, 4) is 5.75 Å². The Hall–Kier alpha value is -3.83. The van der Waals surface area contributed by atoms with E-state index in [4.69, 9.17) is 14.2 Å². The molecule has 0 aliphatic carbocycles. The fourth-order valence-electron chi connectivity index (χ4n) is 4.10. The number of ether oxygens (including phenoxy) is 3. The summed E-state index contributed by atoms with van der Waals surface area (Å²) in [7, 11) is 0. The number of fused-ring (bicyclic) bond motifs is 1. The van der Waals surface area contributed by atoms with Crippen molar-refractivity contribution in [2.24, 2.45) is 0 Å². The van der Waals surface area contributed by atoms with E-state index in [1.54, 1.807) is 33.2 Å². The number of rotatable bonds is 10. The summed E-state index contributed by atoms with van der Waals surface area (Å²) >= 11 is 3.98. The second-order valence-corrected chi connectivity index (χ2v) is 13.2. The van der Waals surface area contributed by atoms with Gasteiger partial charge < -0.3 is 30.0 Å². The lowest BCUT2D eigenvalue weighted by molar-refractivity contribution is -0.151. The summed E-state index contributed by atoms with van der Waals surface area (Å²) in [6.07, 6.45) is -1.77. The number of alkyl carbamates (subject to hydrolysis) is 1. The highest BCUT2D eigenvalue weighted by Gasteiger charge is 2.54. The highest BCUT2D eigenvalue weighted by Crippen LogP contribution is 2.42. The molecule has 1 fully saturated rings. The maximum absolute atomic E-state index is 13.5. The molecule has 43 heavy (non-hydrogen) atoms. The van der Waals surface area contributed by atoms with Gasteiger partial charge in [-0.2, -0.15) is 0 Å². The highest BCUT2D eigenvalue weighted by molar-refractivity contribution is 8.01. The number of benzene rings is 1. The number of nitrogens with zero attached hydrogens (tertiary/aromatic N) is 3. The Morgan fingerprint density at radius 1 is 1.21 bits per heavy atom. The molecule has 14 nitrogen and oxygen atoms in total. The lowest BCUT2D eigenvalue weighted by Crippen LogP contribution is -2.71. The number of thioether (sulfide) groups is 2. The average Bonchev–Trinajstić information content (AvgIpc) is 3.46. The van der Waals surface area contributed by atoms with Crippen LogP contribution in [0.4, 0.5) is 9.59 Å². The number of carboxylic acids is 1. The number of aliphatic carboxylic acids is 1. The van der Waals surface area contributed by atoms with E-state index in [2.05, 4.69) is 20.8 Å². The molecule has 2 aliphatic rings. The maximum atomic E-state index is 13.5. The molecule has 0 spiro atoms. The fraction of sp³-hybridized carbons (Fsp3) is 0.423. The van der Waals surface area contributed by atoms with Crippen LogP contribution >= 0.6 is 34.9 Å². The molecule has 0 saturated carbocycles. The zero-order chi connectivity index (χ0) is 31.3.